The van der Waals surface area contributed by atoms with Crippen LogP contribution in [0.25, 0.3) is 6.08 Å². The van der Waals surface area contributed by atoms with Crippen LogP contribution >= 0.6 is 0 Å². The predicted octanol–water partition coefficient (Wildman–Crippen LogP) is 7.01. The number of nitrogens with zero attached hydrogens (tertiary/aromatic N) is 3. The molecule has 3 aromatic rings. The topological polar surface area (TPSA) is 58.7 Å². The summed E-state index contributed by atoms with van der Waals surface area (Å²) in [7, 11) is 0. The molecule has 1 fully saturated rings. The Morgan fingerprint density at radius 1 is 0.939 bits per heavy atom. The molecule has 0 aromatic heterocycles. The van der Waals surface area contributed by atoms with E-state index in [1.54, 1.807) is 12.1 Å². The molecule has 2 aliphatic rings. The lowest BCUT2D eigenvalue weighted by Gasteiger charge is -2.30. The first kappa shape index (κ1) is 21.1. The summed E-state index contributed by atoms with van der Waals surface area (Å²) in [5.41, 5.74) is 8.29. The Hall–Kier alpha value is -3.73. The van der Waals surface area contributed by atoms with Gasteiger partial charge in [0.25, 0.3) is 5.69 Å². The minimum absolute atomic E-state index is 0.0729. The molecule has 5 nitrogen and oxygen atoms in total. The van der Waals surface area contributed by atoms with E-state index in [-0.39, 0.29) is 22.6 Å². The number of aryl methyl sites for hydroxylation is 2. The van der Waals surface area contributed by atoms with Crippen LogP contribution in [0.2, 0.25) is 0 Å². The van der Waals surface area contributed by atoms with E-state index >= 15 is 0 Å². The first-order valence-electron chi connectivity index (χ1n) is 11.5. The van der Waals surface area contributed by atoms with Crippen molar-refractivity contribution in [1.82, 2.24) is 0 Å². The zero-order valence-corrected chi connectivity index (χ0v) is 18.9. The third-order valence-electron chi connectivity index (χ3n) is 6.66. The van der Waals surface area contributed by atoms with Crippen molar-refractivity contribution in [3.05, 3.63) is 111 Å². The third kappa shape index (κ3) is 4.19. The van der Waals surface area contributed by atoms with Gasteiger partial charge in [-0.2, -0.15) is 5.10 Å². The van der Waals surface area contributed by atoms with Gasteiger partial charge in [-0.25, -0.2) is 0 Å². The van der Waals surface area contributed by atoms with Gasteiger partial charge in [0.1, 0.15) is 0 Å². The number of nitro groups is 1. The van der Waals surface area contributed by atoms with Gasteiger partial charge in [0.15, 0.2) is 0 Å². The Balaban J connectivity index is 1.58. The maximum atomic E-state index is 11.2. The summed E-state index contributed by atoms with van der Waals surface area (Å²) < 4.78 is 0. The normalized spacial score (nSPS) is 21.1. The molecule has 2 atom stereocenters. The van der Waals surface area contributed by atoms with E-state index < -0.39 is 0 Å². The number of rotatable bonds is 4. The minimum Gasteiger partial charge on any atom is -0.258 e. The van der Waals surface area contributed by atoms with Crippen LogP contribution in [0, 0.1) is 29.9 Å². The predicted molar refractivity (Wildman–Crippen MR) is 133 cm³/mol. The van der Waals surface area contributed by atoms with E-state index in [1.165, 1.54) is 27.8 Å². The van der Waals surface area contributed by atoms with E-state index in [2.05, 4.69) is 73.5 Å². The minimum atomic E-state index is -0.362. The van der Waals surface area contributed by atoms with Crippen LogP contribution in [0.3, 0.4) is 0 Å². The number of hydrazone groups is 1. The Morgan fingerprint density at radius 2 is 1.58 bits per heavy atom. The van der Waals surface area contributed by atoms with E-state index in [0.717, 1.165) is 30.7 Å². The Bertz CT molecular complexity index is 1230. The Kier molecular flexibility index (Phi) is 5.55. The molecule has 0 radical (unpaired) electrons. The van der Waals surface area contributed by atoms with E-state index in [1.807, 2.05) is 12.1 Å². The number of allylic oxidation sites excluding steroid dienone is 1. The molecule has 1 saturated carbocycles. The van der Waals surface area contributed by atoms with Crippen molar-refractivity contribution >= 4 is 23.2 Å². The molecule has 2 unspecified atom stereocenters. The molecule has 0 saturated heterocycles. The molecule has 5 heteroatoms. The lowest BCUT2D eigenvalue weighted by Crippen LogP contribution is -2.28. The zero-order valence-electron chi connectivity index (χ0n) is 18.9. The molecule has 3 aromatic carbocycles. The fourth-order valence-electron chi connectivity index (χ4n) is 4.90. The number of hydrogen-bond donors (Lipinski definition) is 0. The number of anilines is 1. The highest BCUT2D eigenvalue weighted by atomic mass is 16.6. The van der Waals surface area contributed by atoms with Crippen LogP contribution in [0.15, 0.2) is 83.5 Å². The lowest BCUT2D eigenvalue weighted by molar-refractivity contribution is -0.384. The molecule has 33 heavy (non-hydrogen) atoms. The summed E-state index contributed by atoms with van der Waals surface area (Å²) in [6, 6.07) is 24.1. The lowest BCUT2D eigenvalue weighted by atomic mass is 9.77. The van der Waals surface area contributed by atoms with Gasteiger partial charge >= 0.3 is 0 Å². The van der Waals surface area contributed by atoms with Crippen LogP contribution in [-0.2, 0) is 0 Å². The molecule has 0 amide bonds. The summed E-state index contributed by atoms with van der Waals surface area (Å²) in [6.07, 6.45) is 5.48. The zero-order chi connectivity index (χ0) is 22.9. The molecule has 1 aliphatic heterocycles. The van der Waals surface area contributed by atoms with Gasteiger partial charge in [-0.3, -0.25) is 15.1 Å². The second kappa shape index (κ2) is 8.66. The third-order valence-corrected chi connectivity index (χ3v) is 6.66. The highest BCUT2D eigenvalue weighted by molar-refractivity contribution is 6.08. The summed E-state index contributed by atoms with van der Waals surface area (Å²) in [4.78, 5) is 10.8. The van der Waals surface area contributed by atoms with Crippen LogP contribution < -0.4 is 5.01 Å². The quantitative estimate of drug-likeness (QED) is 0.326. The SMILES string of the molecule is Cc1ccc(/C=C2/CCCC3C2=NN(c2ccc([N+](=O)[O-])cc2)C3c2ccc(C)cc2)cc1. The van der Waals surface area contributed by atoms with Gasteiger partial charge in [0, 0.05) is 18.1 Å². The van der Waals surface area contributed by atoms with Crippen LogP contribution in [0.5, 0.6) is 0 Å². The second-order valence-electron chi connectivity index (χ2n) is 9.04. The molecular formula is C28H27N3O2. The van der Waals surface area contributed by atoms with Gasteiger partial charge < -0.3 is 0 Å². The first-order valence-corrected chi connectivity index (χ1v) is 11.5. The summed E-state index contributed by atoms with van der Waals surface area (Å²) in [5, 5.41) is 18.4. The molecule has 166 valence electrons. The first-order chi connectivity index (χ1) is 16.0. The highest BCUT2D eigenvalue weighted by Crippen LogP contribution is 2.46. The van der Waals surface area contributed by atoms with Crippen LogP contribution in [0.1, 0.15) is 47.6 Å². The van der Waals surface area contributed by atoms with Crippen molar-refractivity contribution < 1.29 is 4.92 Å². The number of hydrogen-bond acceptors (Lipinski definition) is 4. The van der Waals surface area contributed by atoms with E-state index in [0.29, 0.717) is 0 Å². The number of non-ortho nitro benzene ring substituents is 1. The van der Waals surface area contributed by atoms with Crippen molar-refractivity contribution in [2.24, 2.45) is 11.0 Å². The smallest absolute Gasteiger partial charge is 0.258 e. The summed E-state index contributed by atoms with van der Waals surface area (Å²) in [6.45, 7) is 4.19. The van der Waals surface area contributed by atoms with Crippen molar-refractivity contribution in [2.75, 3.05) is 5.01 Å². The van der Waals surface area contributed by atoms with Crippen molar-refractivity contribution in [1.29, 1.82) is 0 Å². The fraction of sp³-hybridized carbons (Fsp3) is 0.250. The fourth-order valence-corrected chi connectivity index (χ4v) is 4.90. The molecule has 5 rings (SSSR count). The largest absolute Gasteiger partial charge is 0.269 e. The molecular weight excluding hydrogens is 410 g/mol. The van der Waals surface area contributed by atoms with Gasteiger partial charge in [0.05, 0.1) is 22.4 Å². The second-order valence-corrected chi connectivity index (χ2v) is 9.04. The molecule has 1 heterocycles. The standard InChI is InChI=1S/C28H27N3O2/c1-19-6-10-21(11-7-19)18-23-4-3-5-26-27(23)29-30(24-14-16-25(17-15-24)31(32)33)28(26)22-12-8-20(2)9-13-22/h6-18,26,28H,3-5H2,1-2H3/b23-18-. The highest BCUT2D eigenvalue weighted by Gasteiger charge is 2.41. The number of fused-ring (bicyclic) bond motifs is 1. The van der Waals surface area contributed by atoms with Gasteiger partial charge in [-0.05, 0) is 68.0 Å². The molecule has 0 N–H and O–H groups in total. The average molecular weight is 438 g/mol. The van der Waals surface area contributed by atoms with Gasteiger partial charge in [-0.1, -0.05) is 59.7 Å². The Labute approximate surface area is 194 Å². The van der Waals surface area contributed by atoms with Crippen molar-refractivity contribution in [2.45, 2.75) is 39.2 Å². The van der Waals surface area contributed by atoms with Crippen molar-refractivity contribution in [3.8, 4) is 0 Å². The maximum absolute atomic E-state index is 11.2. The van der Waals surface area contributed by atoms with Crippen LogP contribution in [0.4, 0.5) is 11.4 Å². The van der Waals surface area contributed by atoms with Crippen molar-refractivity contribution in [3.63, 3.8) is 0 Å². The summed E-state index contributed by atoms with van der Waals surface area (Å²) in [5.74, 6) is 0.286. The maximum Gasteiger partial charge on any atom is 0.269 e. The average Bonchev–Trinajstić information content (AvgIpc) is 3.22. The Morgan fingerprint density at radius 3 is 2.21 bits per heavy atom. The molecule has 0 bridgehead atoms. The molecule has 0 spiro atoms. The van der Waals surface area contributed by atoms with Gasteiger partial charge in [0.2, 0.25) is 0 Å². The van der Waals surface area contributed by atoms with Crippen LogP contribution in [-0.4, -0.2) is 10.6 Å². The monoisotopic (exact) mass is 437 g/mol. The van der Waals surface area contributed by atoms with E-state index in [9.17, 15) is 10.1 Å². The molecule has 1 aliphatic carbocycles. The summed E-state index contributed by atoms with van der Waals surface area (Å²) >= 11 is 0. The van der Waals surface area contributed by atoms with Gasteiger partial charge in [-0.15, -0.1) is 0 Å². The van der Waals surface area contributed by atoms with E-state index in [4.69, 9.17) is 5.10 Å². The number of nitro benzene ring substituents is 1. The number of benzene rings is 3.